The van der Waals surface area contributed by atoms with E-state index in [-0.39, 0.29) is 6.23 Å². The molecular formula is C9H11N3O. The van der Waals surface area contributed by atoms with Crippen LogP contribution in [0.3, 0.4) is 0 Å². The maximum absolute atomic E-state index is 5.53. The van der Waals surface area contributed by atoms with E-state index in [0.717, 1.165) is 16.7 Å². The summed E-state index contributed by atoms with van der Waals surface area (Å²) in [6.07, 6.45) is 1.42. The van der Waals surface area contributed by atoms with E-state index in [1.54, 1.807) is 13.1 Å². The van der Waals surface area contributed by atoms with Crippen molar-refractivity contribution < 1.29 is 4.74 Å². The number of aromatic amines is 1. The first kappa shape index (κ1) is 8.07. The smallest absolute Gasteiger partial charge is 0.144 e. The van der Waals surface area contributed by atoms with Gasteiger partial charge in [-0.15, -0.1) is 0 Å². The molecule has 0 aliphatic carbocycles. The number of hydrogen-bond acceptors (Lipinski definition) is 3. The van der Waals surface area contributed by atoms with E-state index >= 15 is 0 Å². The van der Waals surface area contributed by atoms with Crippen molar-refractivity contribution in [3.63, 3.8) is 0 Å². The average Bonchev–Trinajstić information content (AvgIpc) is 2.51. The molecule has 0 saturated carbocycles. The number of fused-ring (bicyclic) bond motifs is 1. The van der Waals surface area contributed by atoms with Crippen LogP contribution in [0.4, 0.5) is 0 Å². The Morgan fingerprint density at radius 2 is 2.38 bits per heavy atom. The Kier molecular flexibility index (Phi) is 1.90. The van der Waals surface area contributed by atoms with E-state index in [2.05, 4.69) is 10.2 Å². The molecule has 0 bridgehead atoms. The van der Waals surface area contributed by atoms with Crippen molar-refractivity contribution in [1.29, 1.82) is 0 Å². The lowest BCUT2D eigenvalue weighted by Crippen LogP contribution is -2.22. The van der Waals surface area contributed by atoms with Crippen molar-refractivity contribution in [3.05, 3.63) is 24.4 Å². The number of nitrogens with two attached hydrogens (primary N) is 1. The second kappa shape index (κ2) is 3.06. The topological polar surface area (TPSA) is 63.9 Å². The third kappa shape index (κ3) is 1.48. The Morgan fingerprint density at radius 1 is 1.54 bits per heavy atom. The summed E-state index contributed by atoms with van der Waals surface area (Å²) in [7, 11) is 0. The Bertz CT molecular complexity index is 408. The average molecular weight is 177 g/mol. The molecular weight excluding hydrogens is 166 g/mol. The normalized spacial score (nSPS) is 13.1. The van der Waals surface area contributed by atoms with Crippen LogP contribution in [0, 0.1) is 0 Å². The molecule has 2 aromatic rings. The molecule has 0 radical (unpaired) electrons. The number of nitrogens with one attached hydrogen (secondary N) is 1. The van der Waals surface area contributed by atoms with Crippen molar-refractivity contribution in [1.82, 2.24) is 10.2 Å². The zero-order valence-corrected chi connectivity index (χ0v) is 7.32. The molecule has 4 nitrogen and oxygen atoms in total. The fourth-order valence-corrected chi connectivity index (χ4v) is 1.24. The minimum Gasteiger partial charge on any atom is -0.475 e. The molecule has 1 atom stereocenters. The predicted octanol–water partition coefficient (Wildman–Crippen LogP) is 1.25. The third-order valence-corrected chi connectivity index (χ3v) is 1.76. The number of nitrogens with zero attached hydrogens (tertiary/aromatic N) is 1. The van der Waals surface area contributed by atoms with Crippen LogP contribution in [0.2, 0.25) is 0 Å². The van der Waals surface area contributed by atoms with E-state index in [9.17, 15) is 0 Å². The molecule has 68 valence electrons. The van der Waals surface area contributed by atoms with Gasteiger partial charge in [0.1, 0.15) is 12.0 Å². The van der Waals surface area contributed by atoms with Crippen LogP contribution in [-0.2, 0) is 0 Å². The van der Waals surface area contributed by atoms with Crippen molar-refractivity contribution in [2.45, 2.75) is 13.2 Å². The highest BCUT2D eigenvalue weighted by Gasteiger charge is 2.04. The molecule has 0 spiro atoms. The quantitative estimate of drug-likeness (QED) is 0.678. The van der Waals surface area contributed by atoms with Gasteiger partial charge in [-0.3, -0.25) is 10.8 Å². The predicted molar refractivity (Wildman–Crippen MR) is 50.4 cm³/mol. The summed E-state index contributed by atoms with van der Waals surface area (Å²) in [6.45, 7) is 1.79. The molecule has 1 aromatic heterocycles. The van der Waals surface area contributed by atoms with E-state index in [1.807, 2.05) is 18.2 Å². The largest absolute Gasteiger partial charge is 0.475 e. The van der Waals surface area contributed by atoms with Gasteiger partial charge in [0.05, 0.1) is 17.1 Å². The summed E-state index contributed by atoms with van der Waals surface area (Å²) in [6, 6.07) is 5.72. The summed E-state index contributed by atoms with van der Waals surface area (Å²) in [5.74, 6) is 0.765. The highest BCUT2D eigenvalue weighted by Crippen LogP contribution is 2.23. The monoisotopic (exact) mass is 177 g/mol. The van der Waals surface area contributed by atoms with Crippen LogP contribution in [0.1, 0.15) is 6.92 Å². The summed E-state index contributed by atoms with van der Waals surface area (Å²) in [5, 5.41) is 7.74. The number of H-pyrrole nitrogens is 1. The molecule has 0 amide bonds. The Morgan fingerprint density at radius 3 is 3.15 bits per heavy atom. The Hall–Kier alpha value is -1.55. The second-order valence-electron chi connectivity index (χ2n) is 2.91. The van der Waals surface area contributed by atoms with Gasteiger partial charge in [-0.25, -0.2) is 0 Å². The van der Waals surface area contributed by atoms with Crippen molar-refractivity contribution in [3.8, 4) is 5.75 Å². The van der Waals surface area contributed by atoms with Crippen molar-refractivity contribution in [2.24, 2.45) is 5.73 Å². The lowest BCUT2D eigenvalue weighted by Gasteiger charge is -2.09. The fourth-order valence-electron chi connectivity index (χ4n) is 1.24. The molecule has 13 heavy (non-hydrogen) atoms. The van der Waals surface area contributed by atoms with Crippen molar-refractivity contribution >= 4 is 10.9 Å². The number of rotatable bonds is 2. The molecule has 1 unspecified atom stereocenters. The van der Waals surface area contributed by atoms with Crippen molar-refractivity contribution in [2.75, 3.05) is 0 Å². The van der Waals surface area contributed by atoms with Gasteiger partial charge in [0, 0.05) is 0 Å². The van der Waals surface area contributed by atoms with Gasteiger partial charge in [-0.2, -0.15) is 5.10 Å². The van der Waals surface area contributed by atoms with Gasteiger partial charge in [0.15, 0.2) is 0 Å². The summed E-state index contributed by atoms with van der Waals surface area (Å²) >= 11 is 0. The molecule has 1 aromatic carbocycles. The van der Waals surface area contributed by atoms with E-state index in [0.29, 0.717) is 0 Å². The lowest BCUT2D eigenvalue weighted by molar-refractivity contribution is 0.233. The molecule has 1 heterocycles. The number of ether oxygens (including phenoxy) is 1. The maximum atomic E-state index is 5.53. The summed E-state index contributed by atoms with van der Waals surface area (Å²) in [5.41, 5.74) is 6.49. The summed E-state index contributed by atoms with van der Waals surface area (Å²) in [4.78, 5) is 0. The first-order chi connectivity index (χ1) is 6.27. The van der Waals surface area contributed by atoms with Crippen LogP contribution >= 0.6 is 0 Å². The Balaban J connectivity index is 2.48. The van der Waals surface area contributed by atoms with Crippen LogP contribution < -0.4 is 10.5 Å². The highest BCUT2D eigenvalue weighted by molar-refractivity contribution is 5.84. The molecule has 3 N–H and O–H groups in total. The molecule has 0 saturated heterocycles. The summed E-state index contributed by atoms with van der Waals surface area (Å²) < 4.78 is 5.40. The van der Waals surface area contributed by atoms with Crippen LogP contribution in [-0.4, -0.2) is 16.4 Å². The molecule has 0 aliphatic rings. The standard InChI is InChI=1S/C9H11N3O/c1-6(10)13-9-4-2-3-8-7(9)5-11-12-8/h2-6H,10H2,1H3,(H,11,12). The van der Waals surface area contributed by atoms with Crippen LogP contribution in [0.25, 0.3) is 10.9 Å². The number of aromatic nitrogens is 2. The van der Waals surface area contributed by atoms with Gasteiger partial charge in [0.25, 0.3) is 0 Å². The molecule has 4 heteroatoms. The Labute approximate surface area is 75.7 Å². The second-order valence-corrected chi connectivity index (χ2v) is 2.91. The molecule has 2 rings (SSSR count). The minimum atomic E-state index is -0.305. The number of hydrogen-bond donors (Lipinski definition) is 2. The van der Waals surface area contributed by atoms with E-state index in [1.165, 1.54) is 0 Å². The first-order valence-corrected chi connectivity index (χ1v) is 4.12. The van der Waals surface area contributed by atoms with Gasteiger partial charge in [-0.05, 0) is 19.1 Å². The highest BCUT2D eigenvalue weighted by atomic mass is 16.5. The zero-order valence-electron chi connectivity index (χ0n) is 7.32. The minimum absolute atomic E-state index is 0.305. The van der Waals surface area contributed by atoms with E-state index < -0.39 is 0 Å². The molecule has 0 aliphatic heterocycles. The fraction of sp³-hybridized carbons (Fsp3) is 0.222. The van der Waals surface area contributed by atoms with Crippen LogP contribution in [0.15, 0.2) is 24.4 Å². The van der Waals surface area contributed by atoms with E-state index in [4.69, 9.17) is 10.5 Å². The lowest BCUT2D eigenvalue weighted by atomic mass is 10.2. The van der Waals surface area contributed by atoms with Gasteiger partial charge in [0.2, 0.25) is 0 Å². The van der Waals surface area contributed by atoms with Gasteiger partial charge >= 0.3 is 0 Å². The molecule has 0 fully saturated rings. The van der Waals surface area contributed by atoms with Gasteiger partial charge < -0.3 is 4.74 Å². The van der Waals surface area contributed by atoms with Crippen LogP contribution in [0.5, 0.6) is 5.75 Å². The number of benzene rings is 1. The zero-order chi connectivity index (χ0) is 9.26. The third-order valence-electron chi connectivity index (χ3n) is 1.76. The first-order valence-electron chi connectivity index (χ1n) is 4.12. The maximum Gasteiger partial charge on any atom is 0.144 e. The van der Waals surface area contributed by atoms with Gasteiger partial charge in [-0.1, -0.05) is 6.07 Å². The SMILES string of the molecule is CC(N)Oc1cccc2[nH]ncc12.